The normalized spacial score (nSPS) is 11.5. The summed E-state index contributed by atoms with van der Waals surface area (Å²) in [5.74, 6) is 0. The summed E-state index contributed by atoms with van der Waals surface area (Å²) in [6.45, 7) is 4.11. The van der Waals surface area contributed by atoms with Crippen molar-refractivity contribution < 1.29 is 8.42 Å². The molecule has 0 aliphatic rings. The number of thiophene rings is 1. The highest BCUT2D eigenvalue weighted by molar-refractivity contribution is 7.91. The minimum absolute atomic E-state index is 0.312. The van der Waals surface area contributed by atoms with E-state index in [0.29, 0.717) is 17.2 Å². The van der Waals surface area contributed by atoms with Gasteiger partial charge in [-0.2, -0.15) is 0 Å². The first-order valence-corrected chi connectivity index (χ1v) is 9.90. The van der Waals surface area contributed by atoms with Crippen molar-refractivity contribution in [2.45, 2.75) is 10.6 Å². The Hall–Kier alpha value is -1.95. The van der Waals surface area contributed by atoms with Gasteiger partial charge >= 0.3 is 0 Å². The molecule has 3 rings (SSSR count). The highest BCUT2D eigenvalue weighted by Gasteiger charge is 2.15. The van der Waals surface area contributed by atoms with Crippen molar-refractivity contribution in [3.8, 4) is 11.1 Å². The molecule has 3 nitrogen and oxygen atoms in total. The molecule has 1 N–H and O–H groups in total. The van der Waals surface area contributed by atoms with E-state index < -0.39 is 10.0 Å². The molecule has 0 aliphatic carbocycles. The molecule has 0 unspecified atom stereocenters. The second-order valence-electron chi connectivity index (χ2n) is 5.43. The van der Waals surface area contributed by atoms with E-state index >= 15 is 0 Å². The molecule has 1 aromatic heterocycles. The van der Waals surface area contributed by atoms with Crippen LogP contribution in [0.25, 0.3) is 11.1 Å². The Morgan fingerprint density at radius 2 is 1.54 bits per heavy atom. The Bertz CT molecular complexity index is 898. The topological polar surface area (TPSA) is 46.2 Å². The summed E-state index contributed by atoms with van der Waals surface area (Å²) in [7, 11) is -3.43. The predicted octanol–water partition coefficient (Wildman–Crippen LogP) is 4.12. The monoisotopic (exact) mass is 356 g/mol. The zero-order valence-electron chi connectivity index (χ0n) is 13.1. The largest absolute Gasteiger partial charge is 0.250 e. The molecule has 0 saturated carbocycles. The van der Waals surface area contributed by atoms with E-state index in [9.17, 15) is 8.42 Å². The van der Waals surface area contributed by atoms with Crippen molar-refractivity contribution in [1.29, 1.82) is 0 Å². The van der Waals surface area contributed by atoms with Gasteiger partial charge in [-0.3, -0.25) is 0 Å². The maximum atomic E-state index is 12.1. The first-order valence-electron chi connectivity index (χ1n) is 7.60. The van der Waals surface area contributed by atoms with Gasteiger partial charge in [0.15, 0.2) is 0 Å². The van der Waals surface area contributed by atoms with Gasteiger partial charge in [-0.1, -0.05) is 54.6 Å². The fraction of sp³-hybridized carbons (Fsp3) is 0.105. The molecular formula is C19H18NO2S2. The molecular weight excluding hydrogens is 338 g/mol. The van der Waals surface area contributed by atoms with Crippen molar-refractivity contribution >= 4 is 21.4 Å². The van der Waals surface area contributed by atoms with Crippen LogP contribution in [0, 0.1) is 6.92 Å². The number of benzene rings is 2. The molecule has 2 aromatic carbocycles. The van der Waals surface area contributed by atoms with Crippen LogP contribution in [0.4, 0.5) is 0 Å². The van der Waals surface area contributed by atoms with Crippen molar-refractivity contribution in [2.75, 3.05) is 6.54 Å². The molecule has 1 heterocycles. The molecule has 0 bridgehead atoms. The van der Waals surface area contributed by atoms with Gasteiger partial charge in [-0.05, 0) is 42.2 Å². The molecule has 1 radical (unpaired) electrons. The zero-order valence-corrected chi connectivity index (χ0v) is 14.7. The number of hydrogen-bond acceptors (Lipinski definition) is 3. The average Bonchev–Trinajstić information content (AvgIpc) is 3.04. The SMILES string of the molecule is [CH2]c1ccc(S(=O)(=O)NCCc2ccc(-c3ccccc3)cc2)s1. The highest BCUT2D eigenvalue weighted by Crippen LogP contribution is 2.21. The highest BCUT2D eigenvalue weighted by atomic mass is 32.2. The van der Waals surface area contributed by atoms with Gasteiger partial charge in [0, 0.05) is 11.4 Å². The Morgan fingerprint density at radius 1 is 0.875 bits per heavy atom. The Labute approximate surface area is 147 Å². The van der Waals surface area contributed by atoms with Crippen LogP contribution in [0.3, 0.4) is 0 Å². The molecule has 0 saturated heterocycles. The third kappa shape index (κ3) is 4.12. The Morgan fingerprint density at radius 3 is 2.17 bits per heavy atom. The van der Waals surface area contributed by atoms with E-state index in [1.165, 1.54) is 16.9 Å². The number of nitrogens with one attached hydrogen (secondary N) is 1. The van der Waals surface area contributed by atoms with Gasteiger partial charge in [0.1, 0.15) is 4.21 Å². The molecule has 0 amide bonds. The second kappa shape index (κ2) is 7.30. The lowest BCUT2D eigenvalue weighted by atomic mass is 10.0. The lowest BCUT2D eigenvalue weighted by Gasteiger charge is -2.06. The summed E-state index contributed by atoms with van der Waals surface area (Å²) >= 11 is 1.18. The van der Waals surface area contributed by atoms with Gasteiger partial charge in [0.2, 0.25) is 10.0 Å². The van der Waals surface area contributed by atoms with E-state index in [2.05, 4.69) is 35.9 Å². The summed E-state index contributed by atoms with van der Waals surface area (Å²) in [6, 6.07) is 21.7. The lowest BCUT2D eigenvalue weighted by Crippen LogP contribution is -2.25. The molecule has 0 aliphatic heterocycles. The van der Waals surface area contributed by atoms with Crippen molar-refractivity contribution in [2.24, 2.45) is 0 Å². The van der Waals surface area contributed by atoms with Crippen molar-refractivity contribution in [3.05, 3.63) is 84.1 Å². The molecule has 0 spiro atoms. The first-order chi connectivity index (χ1) is 11.5. The maximum Gasteiger partial charge on any atom is 0.250 e. The average molecular weight is 356 g/mol. The standard InChI is InChI=1S/C19H18NO2S2/c1-15-7-12-19(23-15)24(21,22)20-14-13-16-8-10-18(11-9-16)17-5-3-2-4-6-17/h2-12,20H,1,13-14H2. The Balaban J connectivity index is 1.59. The van der Waals surface area contributed by atoms with Crippen LogP contribution in [0.1, 0.15) is 10.4 Å². The van der Waals surface area contributed by atoms with E-state index in [4.69, 9.17) is 0 Å². The molecule has 0 atom stereocenters. The van der Waals surface area contributed by atoms with Gasteiger partial charge in [-0.15, -0.1) is 11.3 Å². The second-order valence-corrected chi connectivity index (χ2v) is 8.59. The van der Waals surface area contributed by atoms with Crippen LogP contribution < -0.4 is 4.72 Å². The van der Waals surface area contributed by atoms with E-state index in [0.717, 1.165) is 16.0 Å². The van der Waals surface area contributed by atoms with E-state index in [-0.39, 0.29) is 0 Å². The minimum Gasteiger partial charge on any atom is -0.210 e. The van der Waals surface area contributed by atoms with Crippen LogP contribution in [-0.2, 0) is 16.4 Å². The quantitative estimate of drug-likeness (QED) is 0.722. The fourth-order valence-electron chi connectivity index (χ4n) is 2.40. The van der Waals surface area contributed by atoms with Crippen molar-refractivity contribution in [3.63, 3.8) is 0 Å². The zero-order chi connectivity index (χ0) is 17.0. The number of rotatable bonds is 6. The summed E-state index contributed by atoms with van der Waals surface area (Å²) in [4.78, 5) is 0.742. The molecule has 123 valence electrons. The van der Waals surface area contributed by atoms with E-state index in [1.807, 2.05) is 30.3 Å². The molecule has 5 heteroatoms. The van der Waals surface area contributed by atoms with Gasteiger partial charge in [-0.25, -0.2) is 13.1 Å². The third-order valence-corrected chi connectivity index (χ3v) is 6.56. The summed E-state index contributed by atoms with van der Waals surface area (Å²) in [6.07, 6.45) is 0.650. The fourth-order valence-corrected chi connectivity index (χ4v) is 4.63. The molecule has 3 aromatic rings. The smallest absolute Gasteiger partial charge is 0.210 e. The van der Waals surface area contributed by atoms with Gasteiger partial charge in [0.25, 0.3) is 0 Å². The summed E-state index contributed by atoms with van der Waals surface area (Å²) in [5, 5.41) is 0. The van der Waals surface area contributed by atoms with Crippen LogP contribution in [0.15, 0.2) is 70.9 Å². The number of hydrogen-bond donors (Lipinski definition) is 1. The Kier molecular flexibility index (Phi) is 5.14. The van der Waals surface area contributed by atoms with E-state index in [1.54, 1.807) is 12.1 Å². The maximum absolute atomic E-state index is 12.1. The first kappa shape index (κ1) is 16.9. The van der Waals surface area contributed by atoms with Crippen molar-refractivity contribution in [1.82, 2.24) is 4.72 Å². The van der Waals surface area contributed by atoms with Gasteiger partial charge in [0.05, 0.1) is 0 Å². The molecule has 24 heavy (non-hydrogen) atoms. The summed E-state index contributed by atoms with van der Waals surface area (Å²) < 4.78 is 27.2. The van der Waals surface area contributed by atoms with Crippen LogP contribution in [-0.4, -0.2) is 15.0 Å². The lowest BCUT2D eigenvalue weighted by molar-refractivity contribution is 0.584. The van der Waals surface area contributed by atoms with Gasteiger partial charge < -0.3 is 0 Å². The third-order valence-electron chi connectivity index (χ3n) is 3.67. The van der Waals surface area contributed by atoms with Crippen LogP contribution in [0.5, 0.6) is 0 Å². The number of sulfonamides is 1. The van der Waals surface area contributed by atoms with Crippen LogP contribution >= 0.6 is 11.3 Å². The minimum atomic E-state index is -3.43. The van der Waals surface area contributed by atoms with Crippen LogP contribution in [0.2, 0.25) is 0 Å². The summed E-state index contributed by atoms with van der Waals surface area (Å²) in [5.41, 5.74) is 3.43. The predicted molar refractivity (Wildman–Crippen MR) is 99.5 cm³/mol. The molecule has 0 fully saturated rings.